The summed E-state index contributed by atoms with van der Waals surface area (Å²) in [6, 6.07) is 3.89. The van der Waals surface area contributed by atoms with Crippen molar-refractivity contribution in [1.29, 1.82) is 0 Å². The summed E-state index contributed by atoms with van der Waals surface area (Å²) in [5, 5.41) is 0. The summed E-state index contributed by atoms with van der Waals surface area (Å²) < 4.78 is 5.35. The van der Waals surface area contributed by atoms with Crippen molar-refractivity contribution < 1.29 is 4.74 Å². The van der Waals surface area contributed by atoms with Gasteiger partial charge in [0.15, 0.2) is 0 Å². The molecule has 22 heavy (non-hydrogen) atoms. The molecule has 0 bridgehead atoms. The quantitative estimate of drug-likeness (QED) is 0.844. The lowest BCUT2D eigenvalue weighted by Crippen LogP contribution is -2.01. The number of hydrogen-bond acceptors (Lipinski definition) is 6. The molecule has 0 amide bonds. The molecule has 1 aromatic heterocycles. The zero-order valence-electron chi connectivity index (χ0n) is 12.8. The number of methoxy groups -OCH3 is 1. The highest BCUT2D eigenvalue weighted by Gasteiger charge is 2.15. The summed E-state index contributed by atoms with van der Waals surface area (Å²) in [5.41, 5.74) is 13.3. The fraction of sp³-hybridized carbons (Fsp3) is 0.250. The lowest BCUT2D eigenvalue weighted by Gasteiger charge is -2.16. The number of nitrogens with two attached hydrogens (primary N) is 2. The molecule has 0 saturated carbocycles. The summed E-state index contributed by atoms with van der Waals surface area (Å²) in [6.07, 6.45) is 7.18. The number of anilines is 2. The Bertz CT molecular complexity index is 738. The lowest BCUT2D eigenvalue weighted by atomic mass is 10.0. The molecule has 0 saturated heterocycles. The van der Waals surface area contributed by atoms with Gasteiger partial charge in [-0.15, -0.1) is 6.42 Å². The second-order valence-corrected chi connectivity index (χ2v) is 6.05. The molecule has 0 atom stereocenters. The van der Waals surface area contributed by atoms with Crippen LogP contribution in [0.5, 0.6) is 5.75 Å². The Morgan fingerprint density at radius 2 is 2.00 bits per heavy atom. The van der Waals surface area contributed by atoms with Crippen LogP contribution in [0.25, 0.3) is 0 Å². The second kappa shape index (κ2) is 6.58. The van der Waals surface area contributed by atoms with E-state index in [1.54, 1.807) is 13.3 Å². The van der Waals surface area contributed by atoms with Crippen molar-refractivity contribution in [2.75, 3.05) is 18.6 Å². The molecule has 1 heterocycles. The smallest absolute Gasteiger partial charge is 0.221 e. The van der Waals surface area contributed by atoms with Crippen LogP contribution in [-0.2, 0) is 0 Å². The summed E-state index contributed by atoms with van der Waals surface area (Å²) >= 11 is 1.47. The standard InChI is InChI=1S/C16H18N4OS/c1-5-10-6-13(11(9(2)3)7-12(10)21-4)22-14-8-19-16(18)20-15(14)17/h1,6-9H,2-4H3,(H4,17,18,19,20). The maximum atomic E-state index is 5.91. The van der Waals surface area contributed by atoms with Crippen molar-refractivity contribution in [3.05, 3.63) is 29.5 Å². The predicted octanol–water partition coefficient (Wildman–Crippen LogP) is 2.91. The predicted molar refractivity (Wildman–Crippen MR) is 90.0 cm³/mol. The molecule has 0 aliphatic heterocycles. The summed E-state index contributed by atoms with van der Waals surface area (Å²) in [7, 11) is 1.61. The molecular formula is C16H18N4OS. The minimum atomic E-state index is 0.157. The van der Waals surface area contributed by atoms with E-state index in [4.69, 9.17) is 22.6 Å². The number of aromatic nitrogens is 2. The van der Waals surface area contributed by atoms with E-state index >= 15 is 0 Å². The Hall–Kier alpha value is -2.39. The molecule has 5 nitrogen and oxygen atoms in total. The van der Waals surface area contributed by atoms with Gasteiger partial charge in [-0.1, -0.05) is 31.5 Å². The summed E-state index contributed by atoms with van der Waals surface area (Å²) in [4.78, 5) is 9.71. The summed E-state index contributed by atoms with van der Waals surface area (Å²) in [6.45, 7) is 4.22. The first-order valence-corrected chi connectivity index (χ1v) is 7.52. The Balaban J connectivity index is 2.51. The van der Waals surface area contributed by atoms with E-state index in [-0.39, 0.29) is 5.95 Å². The van der Waals surface area contributed by atoms with Crippen molar-refractivity contribution in [3.8, 4) is 18.1 Å². The first-order chi connectivity index (χ1) is 10.5. The van der Waals surface area contributed by atoms with Crippen LogP contribution in [0.2, 0.25) is 0 Å². The molecule has 0 radical (unpaired) electrons. The van der Waals surface area contributed by atoms with E-state index in [1.165, 1.54) is 11.8 Å². The molecule has 2 rings (SSSR count). The minimum Gasteiger partial charge on any atom is -0.495 e. The SMILES string of the molecule is C#Cc1cc(Sc2cnc(N)nc2N)c(C(C)C)cc1OC. The van der Waals surface area contributed by atoms with Crippen molar-refractivity contribution in [3.63, 3.8) is 0 Å². The van der Waals surface area contributed by atoms with Gasteiger partial charge < -0.3 is 16.2 Å². The second-order valence-electron chi connectivity index (χ2n) is 4.97. The van der Waals surface area contributed by atoms with Crippen molar-refractivity contribution in [2.24, 2.45) is 0 Å². The van der Waals surface area contributed by atoms with Gasteiger partial charge in [0.2, 0.25) is 5.95 Å². The van der Waals surface area contributed by atoms with Gasteiger partial charge in [-0.25, -0.2) is 4.98 Å². The third-order valence-corrected chi connectivity index (χ3v) is 4.24. The molecule has 1 aromatic carbocycles. The van der Waals surface area contributed by atoms with Gasteiger partial charge in [-0.05, 0) is 23.6 Å². The zero-order chi connectivity index (χ0) is 16.3. The van der Waals surface area contributed by atoms with Crippen LogP contribution in [0.3, 0.4) is 0 Å². The molecule has 0 aliphatic carbocycles. The minimum absolute atomic E-state index is 0.157. The van der Waals surface area contributed by atoms with E-state index in [9.17, 15) is 0 Å². The number of hydrogen-bond donors (Lipinski definition) is 2. The van der Waals surface area contributed by atoms with Gasteiger partial charge in [0.05, 0.1) is 17.6 Å². The molecular weight excluding hydrogens is 296 g/mol. The number of rotatable bonds is 4. The monoisotopic (exact) mass is 314 g/mol. The van der Waals surface area contributed by atoms with Gasteiger partial charge in [-0.3, -0.25) is 0 Å². The highest BCUT2D eigenvalue weighted by atomic mass is 32.2. The van der Waals surface area contributed by atoms with Crippen molar-refractivity contribution in [2.45, 2.75) is 29.6 Å². The Kier molecular flexibility index (Phi) is 4.78. The van der Waals surface area contributed by atoms with E-state index in [1.807, 2.05) is 12.1 Å². The first-order valence-electron chi connectivity index (χ1n) is 6.70. The fourth-order valence-corrected chi connectivity index (χ4v) is 3.07. The van der Waals surface area contributed by atoms with Crippen molar-refractivity contribution in [1.82, 2.24) is 9.97 Å². The van der Waals surface area contributed by atoms with E-state index in [0.717, 1.165) is 15.4 Å². The lowest BCUT2D eigenvalue weighted by molar-refractivity contribution is 0.412. The number of benzene rings is 1. The van der Waals surface area contributed by atoms with Gasteiger partial charge >= 0.3 is 0 Å². The maximum absolute atomic E-state index is 5.91. The van der Waals surface area contributed by atoms with Gasteiger partial charge in [0, 0.05) is 11.1 Å². The van der Waals surface area contributed by atoms with Crippen LogP contribution in [0, 0.1) is 12.3 Å². The highest BCUT2D eigenvalue weighted by molar-refractivity contribution is 7.99. The average molecular weight is 314 g/mol. The molecule has 6 heteroatoms. The maximum Gasteiger partial charge on any atom is 0.221 e. The first kappa shape index (κ1) is 16.0. The molecule has 2 aromatic rings. The Labute approximate surface area is 134 Å². The van der Waals surface area contributed by atoms with Crippen LogP contribution in [0.4, 0.5) is 11.8 Å². The summed E-state index contributed by atoms with van der Waals surface area (Å²) in [5.74, 6) is 4.15. The van der Waals surface area contributed by atoms with E-state index in [0.29, 0.717) is 23.0 Å². The van der Waals surface area contributed by atoms with Crippen LogP contribution in [0.1, 0.15) is 30.9 Å². The Morgan fingerprint density at radius 1 is 1.27 bits per heavy atom. The molecule has 0 aliphatic rings. The van der Waals surface area contributed by atoms with Crippen LogP contribution in [-0.4, -0.2) is 17.1 Å². The number of nitrogen functional groups attached to an aromatic ring is 2. The van der Waals surface area contributed by atoms with E-state index < -0.39 is 0 Å². The van der Waals surface area contributed by atoms with Gasteiger partial charge in [-0.2, -0.15) is 4.98 Å². The van der Waals surface area contributed by atoms with Gasteiger partial charge in [0.1, 0.15) is 11.6 Å². The Morgan fingerprint density at radius 3 is 2.55 bits per heavy atom. The normalized spacial score (nSPS) is 10.5. The van der Waals surface area contributed by atoms with E-state index in [2.05, 4.69) is 29.7 Å². The molecule has 114 valence electrons. The van der Waals surface area contributed by atoms with Crippen molar-refractivity contribution >= 4 is 23.5 Å². The fourth-order valence-electron chi connectivity index (χ4n) is 1.99. The number of terminal acetylenes is 1. The molecule has 0 unspecified atom stereocenters. The molecule has 4 N–H and O–H groups in total. The van der Waals surface area contributed by atoms with Crippen LogP contribution >= 0.6 is 11.8 Å². The van der Waals surface area contributed by atoms with Crippen LogP contribution in [0.15, 0.2) is 28.1 Å². The molecule has 0 spiro atoms. The topological polar surface area (TPSA) is 87.0 Å². The third kappa shape index (κ3) is 3.26. The largest absolute Gasteiger partial charge is 0.495 e. The zero-order valence-corrected chi connectivity index (χ0v) is 13.6. The number of nitrogens with zero attached hydrogens (tertiary/aromatic N) is 2. The highest BCUT2D eigenvalue weighted by Crippen LogP contribution is 2.39. The number of ether oxygens (including phenoxy) is 1. The average Bonchev–Trinajstić information content (AvgIpc) is 2.49. The molecule has 0 fully saturated rings. The third-order valence-electron chi connectivity index (χ3n) is 3.13. The van der Waals surface area contributed by atoms with Gasteiger partial charge in [0.25, 0.3) is 0 Å². The van der Waals surface area contributed by atoms with Crippen LogP contribution < -0.4 is 16.2 Å².